The molecule has 138 valence electrons. The molecule has 0 aliphatic rings. The molecule has 0 aromatic heterocycles. The van der Waals surface area contributed by atoms with E-state index < -0.39 is 11.7 Å². The highest BCUT2D eigenvalue weighted by Gasteiger charge is 2.17. The Bertz CT molecular complexity index is 735. The normalized spacial score (nSPS) is 10.9. The molecule has 2 aromatic rings. The van der Waals surface area contributed by atoms with Gasteiger partial charge in [0.15, 0.2) is 0 Å². The van der Waals surface area contributed by atoms with Crippen LogP contribution in [0.2, 0.25) is 0 Å². The molecule has 0 saturated heterocycles. The van der Waals surface area contributed by atoms with Crippen LogP contribution in [0.4, 0.5) is 4.79 Å². The number of esters is 1. The van der Waals surface area contributed by atoms with E-state index in [-0.39, 0.29) is 25.5 Å². The Labute approximate surface area is 154 Å². The lowest BCUT2D eigenvalue weighted by Gasteiger charge is -2.20. The molecule has 2 rings (SSSR count). The van der Waals surface area contributed by atoms with E-state index in [2.05, 4.69) is 5.32 Å². The zero-order valence-electron chi connectivity index (χ0n) is 15.5. The minimum atomic E-state index is -0.522. The van der Waals surface area contributed by atoms with E-state index in [0.717, 1.165) is 16.7 Å². The standard InChI is InChI=1S/C21H25NO4/c1-21(2,3)26-19(23)13-17-11-7-8-12-18(17)14-22-20(24)25-15-16-9-5-4-6-10-16/h4-12H,13-15H2,1-3H3,(H,22,24). The Kier molecular flexibility index (Phi) is 6.78. The highest BCUT2D eigenvalue weighted by Crippen LogP contribution is 2.14. The predicted molar refractivity (Wildman–Crippen MR) is 99.5 cm³/mol. The van der Waals surface area contributed by atoms with E-state index in [1.54, 1.807) is 0 Å². The van der Waals surface area contributed by atoms with E-state index in [1.165, 1.54) is 0 Å². The third kappa shape index (κ3) is 6.97. The lowest BCUT2D eigenvalue weighted by molar-refractivity contribution is -0.153. The smallest absolute Gasteiger partial charge is 0.407 e. The summed E-state index contributed by atoms with van der Waals surface area (Å²) in [5.74, 6) is -0.295. The van der Waals surface area contributed by atoms with E-state index in [0.29, 0.717) is 0 Å². The average Bonchev–Trinajstić information content (AvgIpc) is 2.58. The van der Waals surface area contributed by atoms with Crippen molar-refractivity contribution in [3.8, 4) is 0 Å². The van der Waals surface area contributed by atoms with E-state index in [4.69, 9.17) is 9.47 Å². The van der Waals surface area contributed by atoms with Gasteiger partial charge in [-0.05, 0) is 37.5 Å². The fourth-order valence-corrected chi connectivity index (χ4v) is 2.38. The van der Waals surface area contributed by atoms with Crippen molar-refractivity contribution in [3.05, 3.63) is 71.3 Å². The van der Waals surface area contributed by atoms with Crippen LogP contribution in [0.1, 0.15) is 37.5 Å². The largest absolute Gasteiger partial charge is 0.460 e. The number of hydrogen-bond donors (Lipinski definition) is 1. The third-order valence-corrected chi connectivity index (χ3v) is 3.51. The van der Waals surface area contributed by atoms with Gasteiger partial charge in [0.2, 0.25) is 0 Å². The lowest BCUT2D eigenvalue weighted by Crippen LogP contribution is -2.26. The van der Waals surface area contributed by atoms with Gasteiger partial charge in [0.25, 0.3) is 0 Å². The Hall–Kier alpha value is -2.82. The zero-order valence-corrected chi connectivity index (χ0v) is 15.5. The second-order valence-corrected chi connectivity index (χ2v) is 6.95. The summed E-state index contributed by atoms with van der Waals surface area (Å²) >= 11 is 0. The van der Waals surface area contributed by atoms with Crippen molar-refractivity contribution in [1.29, 1.82) is 0 Å². The summed E-state index contributed by atoms with van der Waals surface area (Å²) in [5, 5.41) is 2.72. The number of hydrogen-bond acceptors (Lipinski definition) is 4. The summed E-state index contributed by atoms with van der Waals surface area (Å²) < 4.78 is 10.6. The second kappa shape index (κ2) is 9.04. The van der Waals surface area contributed by atoms with Crippen molar-refractivity contribution in [3.63, 3.8) is 0 Å². The average molecular weight is 355 g/mol. The van der Waals surface area contributed by atoms with Gasteiger partial charge in [-0.1, -0.05) is 54.6 Å². The topological polar surface area (TPSA) is 64.6 Å². The van der Waals surface area contributed by atoms with Crippen molar-refractivity contribution in [2.75, 3.05) is 0 Å². The Morgan fingerprint density at radius 2 is 1.54 bits per heavy atom. The van der Waals surface area contributed by atoms with Crippen LogP contribution >= 0.6 is 0 Å². The summed E-state index contributed by atoms with van der Waals surface area (Å²) in [4.78, 5) is 23.9. The van der Waals surface area contributed by atoms with Crippen molar-refractivity contribution < 1.29 is 19.1 Å². The Morgan fingerprint density at radius 1 is 0.923 bits per heavy atom. The third-order valence-electron chi connectivity index (χ3n) is 3.51. The summed E-state index contributed by atoms with van der Waals surface area (Å²) in [5.41, 5.74) is 2.08. The Morgan fingerprint density at radius 3 is 2.19 bits per heavy atom. The maximum absolute atomic E-state index is 12.0. The molecule has 1 amide bonds. The van der Waals surface area contributed by atoms with Gasteiger partial charge in [-0.2, -0.15) is 0 Å². The molecule has 0 aliphatic carbocycles. The van der Waals surface area contributed by atoms with Gasteiger partial charge in [0.1, 0.15) is 12.2 Å². The monoisotopic (exact) mass is 355 g/mol. The van der Waals surface area contributed by atoms with Crippen LogP contribution in [-0.2, 0) is 33.8 Å². The van der Waals surface area contributed by atoms with Crippen molar-refractivity contribution >= 4 is 12.1 Å². The van der Waals surface area contributed by atoms with E-state index >= 15 is 0 Å². The summed E-state index contributed by atoms with van der Waals surface area (Å²) in [7, 11) is 0. The summed E-state index contributed by atoms with van der Waals surface area (Å²) in [6, 6.07) is 16.9. The molecule has 2 aromatic carbocycles. The quantitative estimate of drug-likeness (QED) is 0.796. The van der Waals surface area contributed by atoms with E-state index in [9.17, 15) is 9.59 Å². The molecule has 1 N–H and O–H groups in total. The first-order valence-corrected chi connectivity index (χ1v) is 8.57. The number of carbonyl (C=O) groups excluding carboxylic acids is 2. The first-order chi connectivity index (χ1) is 12.3. The fourth-order valence-electron chi connectivity index (χ4n) is 2.38. The molecule has 0 unspecified atom stereocenters. The molecule has 26 heavy (non-hydrogen) atoms. The number of amides is 1. The van der Waals surface area contributed by atoms with Gasteiger partial charge < -0.3 is 14.8 Å². The zero-order chi connectivity index (χ0) is 19.0. The number of nitrogens with one attached hydrogen (secondary N) is 1. The molecule has 0 atom stereocenters. The molecule has 0 aliphatic heterocycles. The Balaban J connectivity index is 1.87. The molecule has 0 fully saturated rings. The van der Waals surface area contributed by atoms with E-state index in [1.807, 2.05) is 75.4 Å². The number of rotatable bonds is 6. The lowest BCUT2D eigenvalue weighted by atomic mass is 10.0. The highest BCUT2D eigenvalue weighted by atomic mass is 16.6. The summed E-state index contributed by atoms with van der Waals surface area (Å²) in [6.45, 7) is 6.00. The molecule has 0 heterocycles. The number of ether oxygens (including phenoxy) is 2. The number of carbonyl (C=O) groups is 2. The first-order valence-electron chi connectivity index (χ1n) is 8.57. The molecular weight excluding hydrogens is 330 g/mol. The minimum absolute atomic E-state index is 0.161. The van der Waals surface area contributed by atoms with Gasteiger partial charge in [-0.15, -0.1) is 0 Å². The van der Waals surface area contributed by atoms with Crippen LogP contribution in [0.25, 0.3) is 0 Å². The van der Waals surface area contributed by atoms with Crippen molar-refractivity contribution in [2.45, 2.75) is 45.9 Å². The van der Waals surface area contributed by atoms with Crippen LogP contribution in [-0.4, -0.2) is 17.7 Å². The van der Waals surface area contributed by atoms with Crippen molar-refractivity contribution in [1.82, 2.24) is 5.32 Å². The highest BCUT2D eigenvalue weighted by molar-refractivity contribution is 5.73. The van der Waals surface area contributed by atoms with Gasteiger partial charge >= 0.3 is 12.1 Å². The van der Waals surface area contributed by atoms with Gasteiger partial charge in [0, 0.05) is 6.54 Å². The van der Waals surface area contributed by atoms with Crippen LogP contribution < -0.4 is 5.32 Å². The SMILES string of the molecule is CC(C)(C)OC(=O)Cc1ccccc1CNC(=O)OCc1ccccc1. The van der Waals surface area contributed by atoms with Crippen LogP contribution in [0.15, 0.2) is 54.6 Å². The van der Waals surface area contributed by atoms with Gasteiger partial charge in [-0.25, -0.2) is 4.79 Å². The first kappa shape index (κ1) is 19.5. The van der Waals surface area contributed by atoms with Crippen LogP contribution in [0, 0.1) is 0 Å². The van der Waals surface area contributed by atoms with Gasteiger partial charge in [-0.3, -0.25) is 4.79 Å². The van der Waals surface area contributed by atoms with Crippen molar-refractivity contribution in [2.24, 2.45) is 0 Å². The van der Waals surface area contributed by atoms with Crippen LogP contribution in [0.3, 0.4) is 0 Å². The summed E-state index contributed by atoms with van der Waals surface area (Å²) in [6.07, 6.45) is -0.338. The fraction of sp³-hybridized carbons (Fsp3) is 0.333. The molecule has 0 spiro atoms. The maximum Gasteiger partial charge on any atom is 0.407 e. The second-order valence-electron chi connectivity index (χ2n) is 6.95. The van der Waals surface area contributed by atoms with Gasteiger partial charge in [0.05, 0.1) is 6.42 Å². The molecular formula is C21H25NO4. The minimum Gasteiger partial charge on any atom is -0.460 e. The number of benzene rings is 2. The molecule has 0 radical (unpaired) electrons. The molecule has 0 bridgehead atoms. The van der Waals surface area contributed by atoms with Crippen LogP contribution in [0.5, 0.6) is 0 Å². The predicted octanol–water partition coefficient (Wildman–Crippen LogP) is 4.00. The number of alkyl carbamates (subject to hydrolysis) is 1. The molecule has 0 saturated carbocycles. The molecule has 5 nitrogen and oxygen atoms in total. The maximum atomic E-state index is 12.0. The molecule has 5 heteroatoms.